The Morgan fingerprint density at radius 1 is 1.40 bits per heavy atom. The molecule has 1 aliphatic carbocycles. The molecule has 3 nitrogen and oxygen atoms in total. The van der Waals surface area contributed by atoms with Gasteiger partial charge >= 0.3 is 5.97 Å². The van der Waals surface area contributed by atoms with Crippen LogP contribution in [0.15, 0.2) is 22.7 Å². The number of rotatable bonds is 5. The molecule has 0 bridgehead atoms. The first-order valence-electron chi connectivity index (χ1n) is 6.95. The van der Waals surface area contributed by atoms with Crippen molar-refractivity contribution in [3.8, 4) is 0 Å². The number of carboxylic acid groups (broad SMARTS) is 1. The molecule has 0 amide bonds. The van der Waals surface area contributed by atoms with Crippen LogP contribution in [-0.4, -0.2) is 17.6 Å². The van der Waals surface area contributed by atoms with Crippen molar-refractivity contribution in [2.75, 3.05) is 6.54 Å². The summed E-state index contributed by atoms with van der Waals surface area (Å²) in [6.45, 7) is 1.40. The number of carboxylic acids is 1. The normalized spacial score (nSPS) is 22.7. The molecule has 2 rings (SSSR count). The molecule has 0 spiro atoms. The van der Waals surface area contributed by atoms with E-state index in [1.807, 2.05) is 18.2 Å². The van der Waals surface area contributed by atoms with E-state index in [2.05, 4.69) is 21.2 Å². The van der Waals surface area contributed by atoms with Gasteiger partial charge in [0.25, 0.3) is 0 Å². The van der Waals surface area contributed by atoms with Gasteiger partial charge in [-0.3, -0.25) is 4.79 Å². The van der Waals surface area contributed by atoms with Gasteiger partial charge in [-0.2, -0.15) is 0 Å². The van der Waals surface area contributed by atoms with E-state index in [9.17, 15) is 9.90 Å². The van der Waals surface area contributed by atoms with Crippen LogP contribution in [0, 0.1) is 11.8 Å². The third-order valence-corrected chi connectivity index (χ3v) is 4.82. The number of halogens is 2. The van der Waals surface area contributed by atoms with Gasteiger partial charge in [0.2, 0.25) is 0 Å². The highest BCUT2D eigenvalue weighted by Crippen LogP contribution is 2.30. The average molecular weight is 361 g/mol. The lowest BCUT2D eigenvalue weighted by atomic mass is 9.79. The zero-order chi connectivity index (χ0) is 14.5. The third kappa shape index (κ3) is 4.21. The fourth-order valence-electron chi connectivity index (χ4n) is 2.85. The first kappa shape index (κ1) is 15.8. The maximum absolute atomic E-state index is 11.2. The van der Waals surface area contributed by atoms with Crippen molar-refractivity contribution in [1.82, 2.24) is 5.32 Å². The summed E-state index contributed by atoms with van der Waals surface area (Å²) in [6, 6.07) is 5.77. The van der Waals surface area contributed by atoms with E-state index in [0.29, 0.717) is 6.54 Å². The van der Waals surface area contributed by atoms with Gasteiger partial charge in [-0.15, -0.1) is 0 Å². The lowest BCUT2D eigenvalue weighted by molar-refractivity contribution is -0.144. The van der Waals surface area contributed by atoms with Crippen molar-refractivity contribution in [2.24, 2.45) is 11.8 Å². The minimum absolute atomic E-state index is 0.200. The first-order valence-corrected chi connectivity index (χ1v) is 8.12. The van der Waals surface area contributed by atoms with Crippen LogP contribution in [0.5, 0.6) is 0 Å². The largest absolute Gasteiger partial charge is 0.481 e. The van der Waals surface area contributed by atoms with Gasteiger partial charge in [-0.1, -0.05) is 40.4 Å². The maximum atomic E-state index is 11.2. The topological polar surface area (TPSA) is 49.3 Å². The molecule has 1 aromatic rings. The van der Waals surface area contributed by atoms with E-state index in [-0.39, 0.29) is 11.8 Å². The molecule has 0 saturated heterocycles. The summed E-state index contributed by atoms with van der Waals surface area (Å²) in [7, 11) is 0. The number of carbonyl (C=O) groups is 1. The second kappa shape index (κ2) is 7.43. The lowest BCUT2D eigenvalue weighted by Gasteiger charge is -2.28. The fraction of sp³-hybridized carbons (Fsp3) is 0.533. The van der Waals surface area contributed by atoms with Crippen LogP contribution in [0.3, 0.4) is 0 Å². The van der Waals surface area contributed by atoms with Gasteiger partial charge in [-0.05, 0) is 49.1 Å². The number of hydrogen-bond acceptors (Lipinski definition) is 2. The number of aliphatic carboxylic acids is 1. The second-order valence-corrected chi connectivity index (χ2v) is 6.68. The number of nitrogens with one attached hydrogen (secondary N) is 1. The second-order valence-electron chi connectivity index (χ2n) is 5.36. The molecule has 2 N–H and O–H groups in total. The van der Waals surface area contributed by atoms with Crippen molar-refractivity contribution in [1.29, 1.82) is 0 Å². The quantitative estimate of drug-likeness (QED) is 0.831. The predicted octanol–water partition coefficient (Wildman–Crippen LogP) is 4.08. The highest BCUT2D eigenvalue weighted by atomic mass is 79.9. The summed E-state index contributed by atoms with van der Waals surface area (Å²) in [4.78, 5) is 11.2. The van der Waals surface area contributed by atoms with Gasteiger partial charge in [0.05, 0.1) is 5.92 Å². The molecule has 0 aromatic heterocycles. The molecule has 0 aliphatic heterocycles. The molecule has 2 atom stereocenters. The Bertz CT molecular complexity index is 481. The smallest absolute Gasteiger partial charge is 0.306 e. The van der Waals surface area contributed by atoms with Crippen LogP contribution < -0.4 is 5.32 Å². The van der Waals surface area contributed by atoms with Crippen LogP contribution in [-0.2, 0) is 11.3 Å². The van der Waals surface area contributed by atoms with Gasteiger partial charge in [-0.25, -0.2) is 0 Å². The Balaban J connectivity index is 1.88. The number of hydrogen-bond donors (Lipinski definition) is 2. The Morgan fingerprint density at radius 3 is 2.90 bits per heavy atom. The monoisotopic (exact) mass is 359 g/mol. The van der Waals surface area contributed by atoms with Crippen LogP contribution in [0.2, 0.25) is 5.02 Å². The van der Waals surface area contributed by atoms with E-state index in [4.69, 9.17) is 11.6 Å². The molecule has 1 saturated carbocycles. The number of benzene rings is 1. The summed E-state index contributed by atoms with van der Waals surface area (Å²) in [5.41, 5.74) is 1.03. The molecular weight excluding hydrogens is 342 g/mol. The molecule has 1 fully saturated rings. The van der Waals surface area contributed by atoms with Crippen molar-refractivity contribution in [3.63, 3.8) is 0 Å². The Hall–Kier alpha value is -0.580. The molecule has 1 aliphatic rings. The lowest BCUT2D eigenvalue weighted by Crippen LogP contribution is -2.34. The highest BCUT2D eigenvalue weighted by Gasteiger charge is 2.30. The van der Waals surface area contributed by atoms with Gasteiger partial charge in [0, 0.05) is 16.0 Å². The summed E-state index contributed by atoms with van der Waals surface area (Å²) in [5, 5.41) is 13.3. The van der Waals surface area contributed by atoms with Crippen LogP contribution in [0.4, 0.5) is 0 Å². The van der Waals surface area contributed by atoms with Crippen LogP contribution >= 0.6 is 27.5 Å². The van der Waals surface area contributed by atoms with Crippen molar-refractivity contribution >= 4 is 33.5 Å². The van der Waals surface area contributed by atoms with Crippen LogP contribution in [0.1, 0.15) is 31.2 Å². The zero-order valence-electron chi connectivity index (χ0n) is 11.2. The minimum atomic E-state index is -0.656. The molecule has 5 heteroatoms. The van der Waals surface area contributed by atoms with Crippen molar-refractivity contribution in [2.45, 2.75) is 32.2 Å². The van der Waals surface area contributed by atoms with Crippen molar-refractivity contribution < 1.29 is 9.90 Å². The Labute approximate surface area is 132 Å². The van der Waals surface area contributed by atoms with E-state index in [1.54, 1.807) is 0 Å². The SMILES string of the molecule is O=C(O)C1CCCCC1CNCc1cc(Br)ccc1Cl. The standard InChI is InChI=1S/C15H19BrClNO2/c16-12-5-6-14(17)11(7-12)9-18-8-10-3-1-2-4-13(10)15(19)20/h5-7,10,13,18H,1-4,8-9H2,(H,19,20). The summed E-state index contributed by atoms with van der Waals surface area (Å²) < 4.78 is 1.000. The summed E-state index contributed by atoms with van der Waals surface area (Å²) >= 11 is 9.57. The molecule has 20 heavy (non-hydrogen) atoms. The highest BCUT2D eigenvalue weighted by molar-refractivity contribution is 9.10. The summed E-state index contributed by atoms with van der Waals surface area (Å²) in [5.74, 6) is -0.626. The molecule has 0 heterocycles. The Morgan fingerprint density at radius 2 is 2.15 bits per heavy atom. The van der Waals surface area contributed by atoms with Crippen molar-refractivity contribution in [3.05, 3.63) is 33.3 Å². The molecule has 110 valence electrons. The average Bonchev–Trinajstić information content (AvgIpc) is 2.43. The fourth-order valence-corrected chi connectivity index (χ4v) is 3.44. The van der Waals surface area contributed by atoms with E-state index in [0.717, 1.165) is 47.3 Å². The molecule has 1 aromatic carbocycles. The third-order valence-electron chi connectivity index (χ3n) is 3.96. The van der Waals surface area contributed by atoms with E-state index < -0.39 is 5.97 Å². The minimum Gasteiger partial charge on any atom is -0.481 e. The van der Waals surface area contributed by atoms with Crippen LogP contribution in [0.25, 0.3) is 0 Å². The first-order chi connectivity index (χ1) is 9.58. The molecule has 2 unspecified atom stereocenters. The Kier molecular flexibility index (Phi) is 5.87. The molecule has 0 radical (unpaired) electrons. The van der Waals surface area contributed by atoms with Gasteiger partial charge in [0.1, 0.15) is 0 Å². The maximum Gasteiger partial charge on any atom is 0.306 e. The summed E-state index contributed by atoms with van der Waals surface area (Å²) in [6.07, 6.45) is 3.97. The van der Waals surface area contributed by atoms with E-state index >= 15 is 0 Å². The zero-order valence-corrected chi connectivity index (χ0v) is 13.6. The predicted molar refractivity (Wildman–Crippen MR) is 83.9 cm³/mol. The van der Waals surface area contributed by atoms with E-state index in [1.165, 1.54) is 0 Å². The van der Waals surface area contributed by atoms with Gasteiger partial charge < -0.3 is 10.4 Å². The van der Waals surface area contributed by atoms with Gasteiger partial charge in [0.15, 0.2) is 0 Å². The molecular formula is C15H19BrClNO2.